The summed E-state index contributed by atoms with van der Waals surface area (Å²) in [5, 5.41) is 11.8. The van der Waals surface area contributed by atoms with Crippen molar-refractivity contribution in [1.82, 2.24) is 15.2 Å². The number of hydrogen-bond donors (Lipinski definition) is 1. The molecule has 0 saturated carbocycles. The average molecular weight is 450 g/mol. The molecule has 1 aromatic carbocycles. The summed E-state index contributed by atoms with van der Waals surface area (Å²) in [4.78, 5) is 30.0. The Morgan fingerprint density at radius 3 is 2.88 bits per heavy atom. The first-order chi connectivity index (χ1) is 15.3. The summed E-state index contributed by atoms with van der Waals surface area (Å²) in [6.45, 7) is -2.16. The number of alkyl halides is 3. The van der Waals surface area contributed by atoms with Gasteiger partial charge in [-0.2, -0.15) is 5.26 Å². The van der Waals surface area contributed by atoms with Crippen LogP contribution in [0.3, 0.4) is 0 Å². The number of fused-ring (bicyclic) bond motifs is 1. The normalized spacial score (nSPS) is 18.2. The van der Waals surface area contributed by atoms with Gasteiger partial charge in [-0.1, -0.05) is 0 Å². The Bertz CT molecular complexity index is 1040. The third-order valence-electron chi connectivity index (χ3n) is 5.04. The minimum Gasteiger partial charge on any atom is -0.491 e. The first kappa shape index (κ1) is 23.3. The second-order valence-corrected chi connectivity index (χ2v) is 7.27. The summed E-state index contributed by atoms with van der Waals surface area (Å²) >= 11 is 0. The number of nitrogens with zero attached hydrogens (tertiary/aromatic N) is 3. The molecular formula is C21H21F3N4O4. The van der Waals surface area contributed by atoms with E-state index in [1.54, 1.807) is 24.3 Å². The zero-order valence-electron chi connectivity index (χ0n) is 17.2. The fourth-order valence-corrected chi connectivity index (χ4v) is 3.32. The van der Waals surface area contributed by atoms with Crippen molar-refractivity contribution < 1.29 is 32.2 Å². The molecule has 0 spiro atoms. The number of ether oxygens (including phenoxy) is 2. The van der Waals surface area contributed by atoms with Crippen molar-refractivity contribution in [3.63, 3.8) is 0 Å². The van der Waals surface area contributed by atoms with Crippen LogP contribution in [0, 0.1) is 11.3 Å². The SMILES string of the molecule is COC(CF)COc1ccc2nccc(C(=O)NCC(=O)N3CC(F)(F)C[C@H]3C#N)c2c1. The van der Waals surface area contributed by atoms with Gasteiger partial charge < -0.3 is 19.7 Å². The van der Waals surface area contributed by atoms with E-state index in [0.717, 1.165) is 4.90 Å². The van der Waals surface area contributed by atoms with Gasteiger partial charge in [-0.05, 0) is 24.3 Å². The Labute approximate surface area is 181 Å². The predicted molar refractivity (Wildman–Crippen MR) is 107 cm³/mol. The molecule has 1 aromatic heterocycles. The van der Waals surface area contributed by atoms with Crippen LogP contribution in [0.2, 0.25) is 0 Å². The van der Waals surface area contributed by atoms with Gasteiger partial charge in [-0.15, -0.1) is 0 Å². The van der Waals surface area contributed by atoms with Gasteiger partial charge in [0.2, 0.25) is 5.91 Å². The third-order valence-corrected chi connectivity index (χ3v) is 5.04. The van der Waals surface area contributed by atoms with Gasteiger partial charge in [0.15, 0.2) is 0 Å². The molecule has 1 aliphatic rings. The maximum Gasteiger partial charge on any atom is 0.268 e. The molecule has 3 rings (SSSR count). The molecule has 2 amide bonds. The smallest absolute Gasteiger partial charge is 0.268 e. The summed E-state index contributed by atoms with van der Waals surface area (Å²) in [5.41, 5.74) is 0.666. The van der Waals surface area contributed by atoms with E-state index in [-0.39, 0.29) is 12.2 Å². The Balaban J connectivity index is 1.71. The summed E-state index contributed by atoms with van der Waals surface area (Å²) < 4.78 is 50.3. The second-order valence-electron chi connectivity index (χ2n) is 7.27. The van der Waals surface area contributed by atoms with E-state index in [4.69, 9.17) is 14.7 Å². The number of likely N-dealkylation sites (tertiary alicyclic amines) is 1. The topological polar surface area (TPSA) is 105 Å². The Hall–Kier alpha value is -3.39. The highest BCUT2D eigenvalue weighted by Gasteiger charge is 2.47. The van der Waals surface area contributed by atoms with Crippen molar-refractivity contribution >= 4 is 22.7 Å². The molecule has 1 N–H and O–H groups in total. The van der Waals surface area contributed by atoms with Crippen LogP contribution in [0.25, 0.3) is 10.9 Å². The van der Waals surface area contributed by atoms with E-state index in [9.17, 15) is 22.8 Å². The van der Waals surface area contributed by atoms with Crippen LogP contribution in [-0.4, -0.2) is 73.2 Å². The number of carbonyl (C=O) groups excluding carboxylic acids is 2. The maximum absolute atomic E-state index is 13.5. The fourth-order valence-electron chi connectivity index (χ4n) is 3.32. The standard InChI is InChI=1S/C21H21F3N4O4/c1-31-15(8-22)11-32-14-2-3-18-17(6-14)16(4-5-26-18)20(30)27-10-19(29)28-12-21(23,24)7-13(28)9-25/h2-6,13,15H,7-8,10-12H2,1H3,(H,27,30)/t13-,15?/m0/s1. The number of rotatable bonds is 8. The van der Waals surface area contributed by atoms with Gasteiger partial charge in [0, 0.05) is 25.1 Å². The molecule has 1 saturated heterocycles. The van der Waals surface area contributed by atoms with Gasteiger partial charge in [-0.25, -0.2) is 13.2 Å². The van der Waals surface area contributed by atoms with Crippen LogP contribution in [0.4, 0.5) is 13.2 Å². The lowest BCUT2D eigenvalue weighted by atomic mass is 10.1. The number of benzene rings is 1. The summed E-state index contributed by atoms with van der Waals surface area (Å²) in [7, 11) is 1.36. The minimum absolute atomic E-state index is 0.0324. The van der Waals surface area contributed by atoms with Crippen LogP contribution >= 0.6 is 0 Å². The number of aromatic nitrogens is 1. The van der Waals surface area contributed by atoms with E-state index in [1.807, 2.05) is 0 Å². The summed E-state index contributed by atoms with van der Waals surface area (Å²) in [5.74, 6) is -4.17. The molecule has 0 aliphatic carbocycles. The van der Waals surface area contributed by atoms with E-state index in [2.05, 4.69) is 10.3 Å². The molecule has 32 heavy (non-hydrogen) atoms. The fraction of sp³-hybridized carbons (Fsp3) is 0.429. The lowest BCUT2D eigenvalue weighted by molar-refractivity contribution is -0.131. The number of halogens is 3. The quantitative estimate of drug-likeness (QED) is 0.661. The van der Waals surface area contributed by atoms with Crippen molar-refractivity contribution in [2.24, 2.45) is 0 Å². The van der Waals surface area contributed by atoms with Crippen molar-refractivity contribution in [3.8, 4) is 11.8 Å². The monoisotopic (exact) mass is 450 g/mol. The Morgan fingerprint density at radius 1 is 1.41 bits per heavy atom. The molecule has 0 radical (unpaired) electrons. The second kappa shape index (κ2) is 9.82. The molecule has 2 heterocycles. The first-order valence-corrected chi connectivity index (χ1v) is 9.73. The van der Waals surface area contributed by atoms with Gasteiger partial charge in [-0.3, -0.25) is 14.6 Å². The Morgan fingerprint density at radius 2 is 2.19 bits per heavy atom. The molecule has 2 aromatic rings. The van der Waals surface area contributed by atoms with Crippen molar-refractivity contribution in [2.45, 2.75) is 24.5 Å². The first-order valence-electron chi connectivity index (χ1n) is 9.73. The molecule has 2 atom stereocenters. The third kappa shape index (κ3) is 5.26. The molecular weight excluding hydrogens is 429 g/mol. The van der Waals surface area contributed by atoms with Crippen LogP contribution in [0.15, 0.2) is 30.5 Å². The van der Waals surface area contributed by atoms with E-state index in [0.29, 0.717) is 16.7 Å². The molecule has 170 valence electrons. The van der Waals surface area contributed by atoms with Crippen molar-refractivity contribution in [1.29, 1.82) is 5.26 Å². The number of nitriles is 1. The lowest BCUT2D eigenvalue weighted by Crippen LogP contribution is -2.43. The molecule has 0 bridgehead atoms. The molecule has 11 heteroatoms. The number of nitrogens with one attached hydrogen (secondary N) is 1. The van der Waals surface area contributed by atoms with Crippen molar-refractivity contribution in [3.05, 3.63) is 36.0 Å². The highest BCUT2D eigenvalue weighted by atomic mass is 19.3. The van der Waals surface area contributed by atoms with E-state index < -0.39 is 56.1 Å². The van der Waals surface area contributed by atoms with Crippen LogP contribution in [0.5, 0.6) is 5.75 Å². The van der Waals surface area contributed by atoms with Gasteiger partial charge in [0.05, 0.1) is 30.2 Å². The number of carbonyl (C=O) groups is 2. The molecule has 1 aliphatic heterocycles. The van der Waals surface area contributed by atoms with E-state index in [1.165, 1.54) is 19.4 Å². The van der Waals surface area contributed by atoms with Crippen LogP contribution < -0.4 is 10.1 Å². The van der Waals surface area contributed by atoms with Gasteiger partial charge in [0.25, 0.3) is 11.8 Å². The molecule has 1 fully saturated rings. The van der Waals surface area contributed by atoms with E-state index >= 15 is 0 Å². The number of hydrogen-bond acceptors (Lipinski definition) is 6. The largest absolute Gasteiger partial charge is 0.491 e. The van der Waals surface area contributed by atoms with Gasteiger partial charge >= 0.3 is 0 Å². The molecule has 8 nitrogen and oxygen atoms in total. The number of methoxy groups -OCH3 is 1. The van der Waals surface area contributed by atoms with Crippen molar-refractivity contribution in [2.75, 3.05) is 33.5 Å². The lowest BCUT2D eigenvalue weighted by Gasteiger charge is -2.19. The highest BCUT2D eigenvalue weighted by molar-refractivity contribution is 6.07. The van der Waals surface area contributed by atoms with Crippen LogP contribution in [-0.2, 0) is 9.53 Å². The number of pyridine rings is 1. The summed E-state index contributed by atoms with van der Waals surface area (Å²) in [6, 6.07) is 6.67. The minimum atomic E-state index is -3.14. The Kier molecular flexibility index (Phi) is 7.15. The average Bonchev–Trinajstić information content (AvgIpc) is 3.12. The summed E-state index contributed by atoms with van der Waals surface area (Å²) in [6.07, 6.45) is -0.0486. The zero-order chi connectivity index (χ0) is 23.3. The zero-order valence-corrected chi connectivity index (χ0v) is 17.2. The highest BCUT2D eigenvalue weighted by Crippen LogP contribution is 2.31. The van der Waals surface area contributed by atoms with Gasteiger partial charge in [0.1, 0.15) is 31.2 Å². The molecule has 1 unspecified atom stereocenters. The predicted octanol–water partition coefficient (Wildman–Crippen LogP) is 2.09. The number of amides is 2. The van der Waals surface area contributed by atoms with Crippen LogP contribution in [0.1, 0.15) is 16.8 Å². The maximum atomic E-state index is 13.5.